The molecule has 0 aliphatic rings. The Bertz CT molecular complexity index is 561. The lowest BCUT2D eigenvalue weighted by atomic mass is 10.1. The Morgan fingerprint density at radius 1 is 1.42 bits per heavy atom. The van der Waals surface area contributed by atoms with Crippen LogP contribution in [0, 0.1) is 0 Å². The highest BCUT2D eigenvalue weighted by Crippen LogP contribution is 2.32. The lowest BCUT2D eigenvalue weighted by Gasteiger charge is -2.16. The summed E-state index contributed by atoms with van der Waals surface area (Å²) in [6.45, 7) is 0. The van der Waals surface area contributed by atoms with Crippen LogP contribution in [0.15, 0.2) is 27.6 Å². The molecule has 0 aromatic carbocycles. The summed E-state index contributed by atoms with van der Waals surface area (Å²) in [6.07, 6.45) is 3.05. The Balaban J connectivity index is 2.46. The van der Waals surface area contributed by atoms with E-state index in [1.807, 2.05) is 0 Å². The largest absolute Gasteiger partial charge is 0.480 e. The fraction of sp³-hybridized carbons (Fsp3) is 0.273. The van der Waals surface area contributed by atoms with Crippen molar-refractivity contribution in [2.24, 2.45) is 5.84 Å². The molecule has 2 rings (SSSR count). The molecule has 2 heterocycles. The molecule has 102 valence electrons. The van der Waals surface area contributed by atoms with E-state index in [0.717, 1.165) is 5.56 Å². The number of halogens is 1. The molecule has 0 amide bonds. The van der Waals surface area contributed by atoms with Crippen LogP contribution in [0.25, 0.3) is 0 Å². The Hall–Kier alpha value is -1.64. The minimum Gasteiger partial charge on any atom is -0.480 e. The van der Waals surface area contributed by atoms with Crippen molar-refractivity contribution in [2.75, 3.05) is 14.2 Å². The van der Waals surface area contributed by atoms with Gasteiger partial charge in [-0.1, -0.05) is 0 Å². The highest BCUT2D eigenvalue weighted by molar-refractivity contribution is 9.10. The number of nitrogens with one attached hydrogen (secondary N) is 1. The third-order valence-corrected chi connectivity index (χ3v) is 3.19. The first kappa shape index (κ1) is 13.8. The summed E-state index contributed by atoms with van der Waals surface area (Å²) in [6, 6.07) is 1.36. The summed E-state index contributed by atoms with van der Waals surface area (Å²) < 4.78 is 16.0. The zero-order valence-electron chi connectivity index (χ0n) is 10.4. The van der Waals surface area contributed by atoms with E-state index >= 15 is 0 Å². The van der Waals surface area contributed by atoms with Gasteiger partial charge in [-0.25, -0.2) is 10.4 Å². The highest BCUT2D eigenvalue weighted by Gasteiger charge is 2.24. The molecule has 7 nitrogen and oxygen atoms in total. The number of hydrogen-bond donors (Lipinski definition) is 2. The molecule has 0 aliphatic heterocycles. The second kappa shape index (κ2) is 6.00. The van der Waals surface area contributed by atoms with Gasteiger partial charge in [0.25, 0.3) is 0 Å². The van der Waals surface area contributed by atoms with Gasteiger partial charge < -0.3 is 13.9 Å². The predicted octanol–water partition coefficient (Wildman–Crippen LogP) is 1.40. The number of aromatic nitrogens is 2. The van der Waals surface area contributed by atoms with Crippen LogP contribution in [0.1, 0.15) is 17.3 Å². The van der Waals surface area contributed by atoms with Crippen molar-refractivity contribution < 1.29 is 13.9 Å². The van der Waals surface area contributed by atoms with Crippen LogP contribution in [-0.2, 0) is 0 Å². The maximum Gasteiger partial charge on any atom is 0.240 e. The number of ether oxygens (including phenoxy) is 2. The maximum atomic E-state index is 5.59. The highest BCUT2D eigenvalue weighted by atomic mass is 79.9. The van der Waals surface area contributed by atoms with E-state index < -0.39 is 6.04 Å². The quantitative estimate of drug-likeness (QED) is 0.632. The molecule has 1 unspecified atom stereocenters. The number of furan rings is 1. The number of hydrazine groups is 1. The Morgan fingerprint density at radius 3 is 2.74 bits per heavy atom. The molecule has 0 bridgehead atoms. The van der Waals surface area contributed by atoms with Crippen LogP contribution < -0.4 is 20.7 Å². The van der Waals surface area contributed by atoms with Crippen molar-refractivity contribution in [3.05, 3.63) is 34.5 Å². The summed E-state index contributed by atoms with van der Waals surface area (Å²) in [5, 5.41) is 0. The van der Waals surface area contributed by atoms with Crippen molar-refractivity contribution in [1.29, 1.82) is 0 Å². The number of nitrogens with two attached hydrogens (primary N) is 1. The van der Waals surface area contributed by atoms with Gasteiger partial charge in [-0.05, 0) is 22.0 Å². The predicted molar refractivity (Wildman–Crippen MR) is 70.7 cm³/mol. The summed E-state index contributed by atoms with van der Waals surface area (Å²) in [4.78, 5) is 8.44. The molecule has 1 atom stereocenters. The minimum absolute atomic E-state index is 0.329. The summed E-state index contributed by atoms with van der Waals surface area (Å²) in [7, 11) is 3.01. The second-order valence-electron chi connectivity index (χ2n) is 3.56. The summed E-state index contributed by atoms with van der Waals surface area (Å²) in [5.74, 6) is 6.28. The third kappa shape index (κ3) is 2.70. The first-order chi connectivity index (χ1) is 9.21. The van der Waals surface area contributed by atoms with Crippen molar-refractivity contribution in [3.63, 3.8) is 0 Å². The molecule has 0 saturated carbocycles. The van der Waals surface area contributed by atoms with Crippen molar-refractivity contribution >= 4 is 15.9 Å². The standard InChI is InChI=1S/C11H13BrN4O3/c1-17-7-5-14-9(11(15-7)18-2)8(16-13)6-3-4-19-10(6)12/h3-5,8,16H,13H2,1-2H3. The molecule has 0 aliphatic carbocycles. The van der Waals surface area contributed by atoms with E-state index in [0.29, 0.717) is 22.1 Å². The van der Waals surface area contributed by atoms with Gasteiger partial charge in [0, 0.05) is 5.56 Å². The molecular formula is C11H13BrN4O3. The zero-order valence-corrected chi connectivity index (χ0v) is 12.0. The number of rotatable bonds is 5. The lowest BCUT2D eigenvalue weighted by Crippen LogP contribution is -2.30. The van der Waals surface area contributed by atoms with Crippen LogP contribution in [-0.4, -0.2) is 24.2 Å². The maximum absolute atomic E-state index is 5.59. The molecule has 0 spiro atoms. The molecular weight excluding hydrogens is 316 g/mol. The zero-order chi connectivity index (χ0) is 13.8. The van der Waals surface area contributed by atoms with E-state index in [1.165, 1.54) is 20.4 Å². The van der Waals surface area contributed by atoms with Gasteiger partial charge in [-0.15, -0.1) is 0 Å². The van der Waals surface area contributed by atoms with Crippen molar-refractivity contribution in [2.45, 2.75) is 6.04 Å². The lowest BCUT2D eigenvalue weighted by molar-refractivity contribution is 0.352. The van der Waals surface area contributed by atoms with Gasteiger partial charge in [0.15, 0.2) is 4.67 Å². The molecule has 19 heavy (non-hydrogen) atoms. The van der Waals surface area contributed by atoms with Crippen LogP contribution in [0.3, 0.4) is 0 Å². The SMILES string of the molecule is COc1cnc(C(NN)c2ccoc2Br)c(OC)n1. The Morgan fingerprint density at radius 2 is 2.21 bits per heavy atom. The van der Waals surface area contributed by atoms with Gasteiger partial charge in [0.2, 0.25) is 11.8 Å². The smallest absolute Gasteiger partial charge is 0.240 e. The van der Waals surface area contributed by atoms with Crippen molar-refractivity contribution in [1.82, 2.24) is 15.4 Å². The van der Waals surface area contributed by atoms with Gasteiger partial charge in [-0.3, -0.25) is 5.84 Å². The van der Waals surface area contributed by atoms with Crippen LogP contribution >= 0.6 is 15.9 Å². The molecule has 0 radical (unpaired) electrons. The molecule has 8 heteroatoms. The van der Waals surface area contributed by atoms with E-state index in [4.69, 9.17) is 19.7 Å². The number of hydrogen-bond acceptors (Lipinski definition) is 7. The molecule has 0 saturated heterocycles. The van der Waals surface area contributed by atoms with Crippen molar-refractivity contribution in [3.8, 4) is 11.8 Å². The van der Waals surface area contributed by atoms with Gasteiger partial charge in [-0.2, -0.15) is 4.98 Å². The number of nitrogens with zero attached hydrogens (tertiary/aromatic N) is 2. The van der Waals surface area contributed by atoms with Gasteiger partial charge in [0.05, 0.1) is 32.7 Å². The first-order valence-corrected chi connectivity index (χ1v) is 6.14. The average molecular weight is 329 g/mol. The van der Waals surface area contributed by atoms with E-state index in [1.54, 1.807) is 12.3 Å². The fourth-order valence-corrected chi connectivity index (χ4v) is 2.11. The van der Waals surface area contributed by atoms with Crippen LogP contribution in [0.5, 0.6) is 11.8 Å². The number of methoxy groups -OCH3 is 2. The summed E-state index contributed by atoms with van der Waals surface area (Å²) >= 11 is 3.30. The van der Waals surface area contributed by atoms with Crippen LogP contribution in [0.4, 0.5) is 0 Å². The second-order valence-corrected chi connectivity index (χ2v) is 4.28. The van der Waals surface area contributed by atoms with Gasteiger partial charge >= 0.3 is 0 Å². The molecule has 2 aromatic heterocycles. The topological polar surface area (TPSA) is 95.4 Å². The average Bonchev–Trinajstić information content (AvgIpc) is 2.86. The molecule has 2 aromatic rings. The Labute approximate surface area is 118 Å². The first-order valence-electron chi connectivity index (χ1n) is 5.35. The Kier molecular flexibility index (Phi) is 4.35. The van der Waals surface area contributed by atoms with Crippen LogP contribution in [0.2, 0.25) is 0 Å². The third-order valence-electron chi connectivity index (χ3n) is 2.54. The summed E-state index contributed by atoms with van der Waals surface area (Å²) in [5.41, 5.74) is 3.99. The monoisotopic (exact) mass is 328 g/mol. The molecule has 0 fully saturated rings. The van der Waals surface area contributed by atoms with E-state index in [-0.39, 0.29) is 0 Å². The van der Waals surface area contributed by atoms with E-state index in [2.05, 4.69) is 31.3 Å². The normalized spacial score (nSPS) is 12.2. The minimum atomic E-state index is -0.415. The molecule has 3 N–H and O–H groups in total. The van der Waals surface area contributed by atoms with E-state index in [9.17, 15) is 0 Å². The fourth-order valence-electron chi connectivity index (χ4n) is 1.64. The van der Waals surface area contributed by atoms with Gasteiger partial charge in [0.1, 0.15) is 5.69 Å².